The van der Waals surface area contributed by atoms with Gasteiger partial charge in [-0.2, -0.15) is 0 Å². The summed E-state index contributed by atoms with van der Waals surface area (Å²) >= 11 is 0. The van der Waals surface area contributed by atoms with Crippen LogP contribution >= 0.6 is 0 Å². The minimum Gasteiger partial charge on any atom is -0.411 e. The van der Waals surface area contributed by atoms with Crippen molar-refractivity contribution in [2.75, 3.05) is 11.9 Å². The van der Waals surface area contributed by atoms with Crippen molar-refractivity contribution in [3.8, 4) is 0 Å². The number of benzene rings is 1. The summed E-state index contributed by atoms with van der Waals surface area (Å²) in [5.74, 6) is -0.0919. The summed E-state index contributed by atoms with van der Waals surface area (Å²) in [4.78, 5) is 12.0. The maximum absolute atomic E-state index is 12.0. The van der Waals surface area contributed by atoms with E-state index in [-0.39, 0.29) is 17.9 Å². The van der Waals surface area contributed by atoms with Crippen molar-refractivity contribution in [1.29, 1.82) is 0 Å². The van der Waals surface area contributed by atoms with Crippen molar-refractivity contribution < 1.29 is 14.7 Å². The number of oxime groups is 1. The molecule has 1 fully saturated rings. The van der Waals surface area contributed by atoms with Gasteiger partial charge in [0.25, 0.3) is 0 Å². The van der Waals surface area contributed by atoms with E-state index < -0.39 is 0 Å². The smallest absolute Gasteiger partial charge is 0.230 e. The molecule has 0 spiro atoms. The number of rotatable bonds is 3. The van der Waals surface area contributed by atoms with Crippen LogP contribution in [0.5, 0.6) is 0 Å². The van der Waals surface area contributed by atoms with E-state index in [0.29, 0.717) is 12.3 Å². The number of hydrogen-bond donors (Lipinski definition) is 2. The van der Waals surface area contributed by atoms with Gasteiger partial charge in [0, 0.05) is 12.3 Å². The molecule has 0 bridgehead atoms. The molecule has 2 atom stereocenters. The van der Waals surface area contributed by atoms with Gasteiger partial charge in [-0.15, -0.1) is 0 Å². The molecule has 0 aromatic heterocycles. The SMILES string of the molecule is CC(=NO)c1ccc(NC(=O)C2CCOC2C)cc1. The quantitative estimate of drug-likeness (QED) is 0.498. The summed E-state index contributed by atoms with van der Waals surface area (Å²) in [6.07, 6.45) is 0.740. The van der Waals surface area contributed by atoms with E-state index in [1.165, 1.54) is 0 Å². The second-order valence-corrected chi connectivity index (χ2v) is 4.72. The molecule has 2 unspecified atom stereocenters. The molecule has 5 nitrogen and oxygen atoms in total. The number of carbonyl (C=O) groups excluding carboxylic acids is 1. The maximum atomic E-state index is 12.0. The summed E-state index contributed by atoms with van der Waals surface area (Å²) in [6.45, 7) is 4.27. The highest BCUT2D eigenvalue weighted by Gasteiger charge is 2.30. The Hall–Kier alpha value is -1.88. The van der Waals surface area contributed by atoms with Gasteiger partial charge in [0.05, 0.1) is 17.7 Å². The molecule has 102 valence electrons. The maximum Gasteiger partial charge on any atom is 0.230 e. The predicted molar refractivity (Wildman–Crippen MR) is 72.6 cm³/mol. The van der Waals surface area contributed by atoms with Crippen molar-refractivity contribution >= 4 is 17.3 Å². The third-order valence-corrected chi connectivity index (χ3v) is 3.43. The van der Waals surface area contributed by atoms with E-state index in [0.717, 1.165) is 17.7 Å². The molecule has 0 saturated carbocycles. The summed E-state index contributed by atoms with van der Waals surface area (Å²) in [5, 5.41) is 14.7. The van der Waals surface area contributed by atoms with Crippen LogP contribution in [-0.2, 0) is 9.53 Å². The van der Waals surface area contributed by atoms with Gasteiger partial charge in [0.15, 0.2) is 0 Å². The molecular formula is C14H18N2O3. The van der Waals surface area contributed by atoms with Crippen LogP contribution in [0, 0.1) is 5.92 Å². The first-order chi connectivity index (χ1) is 9.11. The van der Waals surface area contributed by atoms with E-state index in [4.69, 9.17) is 9.94 Å². The first-order valence-corrected chi connectivity index (χ1v) is 6.33. The fourth-order valence-electron chi connectivity index (χ4n) is 2.16. The van der Waals surface area contributed by atoms with Gasteiger partial charge in [0.1, 0.15) is 0 Å². The third-order valence-electron chi connectivity index (χ3n) is 3.43. The number of amides is 1. The van der Waals surface area contributed by atoms with Gasteiger partial charge >= 0.3 is 0 Å². The first kappa shape index (κ1) is 13.5. The molecule has 1 amide bonds. The number of anilines is 1. The molecule has 1 aliphatic heterocycles. The molecule has 0 aliphatic carbocycles. The van der Waals surface area contributed by atoms with Crippen LogP contribution in [-0.4, -0.2) is 29.5 Å². The van der Waals surface area contributed by atoms with Crippen LogP contribution in [0.1, 0.15) is 25.8 Å². The molecule has 1 saturated heterocycles. The molecule has 0 radical (unpaired) electrons. The molecule has 1 aromatic rings. The zero-order chi connectivity index (χ0) is 13.8. The fraction of sp³-hybridized carbons (Fsp3) is 0.429. The van der Waals surface area contributed by atoms with Crippen molar-refractivity contribution in [2.45, 2.75) is 26.4 Å². The first-order valence-electron chi connectivity index (χ1n) is 6.33. The summed E-state index contributed by atoms with van der Waals surface area (Å²) in [6, 6.07) is 7.20. The Labute approximate surface area is 112 Å². The van der Waals surface area contributed by atoms with Gasteiger partial charge in [-0.25, -0.2) is 0 Å². The lowest BCUT2D eigenvalue weighted by Gasteiger charge is -2.14. The number of nitrogens with zero attached hydrogens (tertiary/aromatic N) is 1. The number of hydrogen-bond acceptors (Lipinski definition) is 4. The van der Waals surface area contributed by atoms with Gasteiger partial charge in [-0.1, -0.05) is 17.3 Å². The Morgan fingerprint density at radius 3 is 2.63 bits per heavy atom. The van der Waals surface area contributed by atoms with Gasteiger partial charge in [-0.05, 0) is 38.0 Å². The highest BCUT2D eigenvalue weighted by Crippen LogP contribution is 2.22. The largest absolute Gasteiger partial charge is 0.411 e. The Bertz CT molecular complexity index is 482. The zero-order valence-corrected chi connectivity index (χ0v) is 11.1. The topological polar surface area (TPSA) is 70.9 Å². The van der Waals surface area contributed by atoms with Gasteiger partial charge < -0.3 is 15.3 Å². The van der Waals surface area contributed by atoms with Crippen LogP contribution in [0.15, 0.2) is 29.4 Å². The lowest BCUT2D eigenvalue weighted by atomic mass is 10.0. The Morgan fingerprint density at radius 2 is 2.11 bits per heavy atom. The Balaban J connectivity index is 2.01. The van der Waals surface area contributed by atoms with Crippen molar-refractivity contribution in [1.82, 2.24) is 0 Å². The highest BCUT2D eigenvalue weighted by molar-refractivity contribution is 5.99. The summed E-state index contributed by atoms with van der Waals surface area (Å²) < 4.78 is 5.39. The lowest BCUT2D eigenvalue weighted by molar-refractivity contribution is -0.121. The summed E-state index contributed by atoms with van der Waals surface area (Å²) in [5.41, 5.74) is 2.09. The van der Waals surface area contributed by atoms with Gasteiger partial charge in [-0.3, -0.25) is 4.79 Å². The fourth-order valence-corrected chi connectivity index (χ4v) is 2.16. The molecular weight excluding hydrogens is 244 g/mol. The monoisotopic (exact) mass is 262 g/mol. The normalized spacial score (nSPS) is 23.4. The molecule has 19 heavy (non-hydrogen) atoms. The average Bonchev–Trinajstić information content (AvgIpc) is 2.85. The van der Waals surface area contributed by atoms with E-state index in [1.807, 2.05) is 6.92 Å². The van der Waals surface area contributed by atoms with E-state index >= 15 is 0 Å². The number of nitrogens with one attached hydrogen (secondary N) is 1. The second kappa shape index (κ2) is 5.84. The Kier molecular flexibility index (Phi) is 4.16. The number of ether oxygens (including phenoxy) is 1. The predicted octanol–water partition coefficient (Wildman–Crippen LogP) is 2.25. The minimum atomic E-state index is -0.0829. The second-order valence-electron chi connectivity index (χ2n) is 4.72. The molecule has 5 heteroatoms. The van der Waals surface area contributed by atoms with Crippen molar-refractivity contribution in [3.05, 3.63) is 29.8 Å². The third kappa shape index (κ3) is 3.12. The lowest BCUT2D eigenvalue weighted by Crippen LogP contribution is -2.27. The van der Waals surface area contributed by atoms with E-state index in [2.05, 4.69) is 10.5 Å². The van der Waals surface area contributed by atoms with Crippen LogP contribution in [0.3, 0.4) is 0 Å². The van der Waals surface area contributed by atoms with Crippen molar-refractivity contribution in [3.63, 3.8) is 0 Å². The van der Waals surface area contributed by atoms with Crippen LogP contribution in [0.2, 0.25) is 0 Å². The number of carbonyl (C=O) groups is 1. The Morgan fingerprint density at radius 1 is 1.42 bits per heavy atom. The van der Waals surface area contributed by atoms with Gasteiger partial charge in [0.2, 0.25) is 5.91 Å². The highest BCUT2D eigenvalue weighted by atomic mass is 16.5. The van der Waals surface area contributed by atoms with Crippen molar-refractivity contribution in [2.24, 2.45) is 11.1 Å². The molecule has 2 N–H and O–H groups in total. The van der Waals surface area contributed by atoms with E-state index in [1.54, 1.807) is 31.2 Å². The minimum absolute atomic E-state index is 0.00898. The molecule has 2 rings (SSSR count). The molecule has 1 aliphatic rings. The van der Waals surface area contributed by atoms with Crippen LogP contribution in [0.25, 0.3) is 0 Å². The van der Waals surface area contributed by atoms with Crippen LogP contribution in [0.4, 0.5) is 5.69 Å². The standard InChI is InChI=1S/C14H18N2O3/c1-9(16-18)11-3-5-12(6-4-11)15-14(17)13-7-8-19-10(13)2/h3-6,10,13,18H,7-8H2,1-2H3,(H,15,17). The average molecular weight is 262 g/mol. The summed E-state index contributed by atoms with van der Waals surface area (Å²) in [7, 11) is 0. The zero-order valence-electron chi connectivity index (χ0n) is 11.1. The van der Waals surface area contributed by atoms with E-state index in [9.17, 15) is 4.79 Å². The van der Waals surface area contributed by atoms with Crippen LogP contribution < -0.4 is 5.32 Å². The molecule has 1 heterocycles. The molecule has 1 aromatic carbocycles.